The molecule has 7 heteroatoms. The third-order valence-corrected chi connectivity index (χ3v) is 2.14. The van der Waals surface area contributed by atoms with Gasteiger partial charge in [-0.25, -0.2) is 9.37 Å². The summed E-state index contributed by atoms with van der Waals surface area (Å²) in [6.45, 7) is 0. The van der Waals surface area contributed by atoms with Crippen molar-refractivity contribution in [2.75, 3.05) is 5.73 Å². The molecule has 0 fully saturated rings. The fraction of sp³-hybridized carbons (Fsp3) is 0. The molecule has 2 aromatic rings. The van der Waals surface area contributed by atoms with E-state index in [9.17, 15) is 14.1 Å². The number of nitrogens with zero attached hydrogens (tertiary/aromatic N) is 2. The van der Waals surface area contributed by atoms with E-state index in [1.807, 2.05) is 0 Å². The molecule has 0 aliphatic heterocycles. The van der Waals surface area contributed by atoms with Crippen molar-refractivity contribution in [3.05, 3.63) is 45.3 Å². The summed E-state index contributed by atoms with van der Waals surface area (Å²) in [5.74, 6) is -0.929. The quantitative estimate of drug-likeness (QED) is 0.769. The number of H-pyrrole nitrogens is 1. The number of nitrogens with one attached hydrogen (secondary N) is 1. The molecule has 1 heterocycles. The van der Waals surface area contributed by atoms with Gasteiger partial charge in [-0.1, -0.05) is 12.1 Å². The summed E-state index contributed by atoms with van der Waals surface area (Å²) in [5.41, 5.74) is 4.15. The number of halogens is 1. The Morgan fingerprint density at radius 2 is 2.06 bits per heavy atom. The molecule has 0 spiro atoms. The zero-order valence-corrected chi connectivity index (χ0v) is 8.48. The monoisotopic (exact) mass is 234 g/mol. The lowest BCUT2D eigenvalue weighted by molar-refractivity contribution is 0.630. The zero-order valence-electron chi connectivity index (χ0n) is 8.48. The van der Waals surface area contributed by atoms with Gasteiger partial charge >= 0.3 is 0 Å². The van der Waals surface area contributed by atoms with Gasteiger partial charge in [-0.2, -0.15) is 0 Å². The van der Waals surface area contributed by atoms with Crippen LogP contribution in [-0.4, -0.2) is 9.97 Å². The van der Waals surface area contributed by atoms with Gasteiger partial charge in [0.15, 0.2) is 5.82 Å². The predicted octanol–water partition coefficient (Wildman–Crippen LogP) is 1.56. The van der Waals surface area contributed by atoms with E-state index in [0.29, 0.717) is 0 Å². The van der Waals surface area contributed by atoms with Crippen molar-refractivity contribution >= 4 is 11.5 Å². The van der Waals surface area contributed by atoms with Gasteiger partial charge in [-0.05, 0) is 17.3 Å². The van der Waals surface area contributed by atoms with E-state index in [1.165, 1.54) is 18.2 Å². The minimum absolute atomic E-state index is 0.0435. The van der Waals surface area contributed by atoms with Gasteiger partial charge in [0, 0.05) is 0 Å². The molecule has 0 saturated carbocycles. The lowest BCUT2D eigenvalue weighted by Gasteiger charge is -2.03. The lowest BCUT2D eigenvalue weighted by Crippen LogP contribution is -2.12. The second kappa shape index (κ2) is 4.12. The third-order valence-electron chi connectivity index (χ3n) is 2.14. The van der Waals surface area contributed by atoms with Crippen LogP contribution in [-0.2, 0) is 0 Å². The van der Waals surface area contributed by atoms with Crippen LogP contribution < -0.4 is 11.3 Å². The molecule has 0 bridgehead atoms. The molecule has 3 N–H and O–H groups in total. The Balaban J connectivity index is 2.67. The van der Waals surface area contributed by atoms with Gasteiger partial charge in [0.05, 0.1) is 5.56 Å². The van der Waals surface area contributed by atoms with Gasteiger partial charge in [-0.15, -0.1) is 4.91 Å². The molecule has 0 amide bonds. The summed E-state index contributed by atoms with van der Waals surface area (Å²) in [7, 11) is 0. The second-order valence-electron chi connectivity index (χ2n) is 3.22. The molecule has 0 atom stereocenters. The van der Waals surface area contributed by atoms with Crippen LogP contribution in [0.1, 0.15) is 0 Å². The summed E-state index contributed by atoms with van der Waals surface area (Å²) in [5, 5.41) is 2.45. The number of aromatic amines is 1. The van der Waals surface area contributed by atoms with Crippen LogP contribution in [0.4, 0.5) is 15.9 Å². The van der Waals surface area contributed by atoms with Gasteiger partial charge < -0.3 is 10.7 Å². The summed E-state index contributed by atoms with van der Waals surface area (Å²) in [6, 6.07) is 5.74. The van der Waals surface area contributed by atoms with Crippen molar-refractivity contribution in [2.45, 2.75) is 0 Å². The Hall–Kier alpha value is -2.57. The topological polar surface area (TPSA) is 101 Å². The molecule has 2 rings (SSSR count). The molecule has 86 valence electrons. The first-order valence-corrected chi connectivity index (χ1v) is 4.61. The van der Waals surface area contributed by atoms with E-state index >= 15 is 0 Å². The molecule has 0 saturated heterocycles. The van der Waals surface area contributed by atoms with Crippen LogP contribution in [0.3, 0.4) is 0 Å². The van der Waals surface area contributed by atoms with Gasteiger partial charge in [0.25, 0.3) is 5.56 Å². The average Bonchev–Trinajstić information content (AvgIpc) is 2.29. The number of nitrogens with two attached hydrogens (primary N) is 1. The minimum Gasteiger partial charge on any atom is -0.382 e. The summed E-state index contributed by atoms with van der Waals surface area (Å²) >= 11 is 0. The number of benzene rings is 1. The first kappa shape index (κ1) is 10.9. The van der Waals surface area contributed by atoms with Gasteiger partial charge in [0.2, 0.25) is 5.69 Å². The fourth-order valence-electron chi connectivity index (χ4n) is 1.35. The Kier molecular flexibility index (Phi) is 2.65. The van der Waals surface area contributed by atoms with E-state index in [0.717, 1.165) is 0 Å². The zero-order chi connectivity index (χ0) is 12.4. The predicted molar refractivity (Wildman–Crippen MR) is 60.1 cm³/mol. The van der Waals surface area contributed by atoms with Crippen LogP contribution in [0, 0.1) is 10.7 Å². The van der Waals surface area contributed by atoms with Gasteiger partial charge in [0.1, 0.15) is 11.6 Å². The second-order valence-corrected chi connectivity index (χ2v) is 3.22. The fourth-order valence-corrected chi connectivity index (χ4v) is 1.35. The van der Waals surface area contributed by atoms with Crippen molar-refractivity contribution in [2.24, 2.45) is 5.18 Å². The Morgan fingerprint density at radius 1 is 1.35 bits per heavy atom. The summed E-state index contributed by atoms with van der Waals surface area (Å²) in [4.78, 5) is 27.7. The average molecular weight is 234 g/mol. The number of nitrogen functional groups attached to an aromatic ring is 1. The van der Waals surface area contributed by atoms with E-state index < -0.39 is 17.1 Å². The normalized spacial score (nSPS) is 10.2. The van der Waals surface area contributed by atoms with Gasteiger partial charge in [-0.3, -0.25) is 4.79 Å². The maximum atomic E-state index is 13.4. The number of hydrogen-bond donors (Lipinski definition) is 2. The highest BCUT2D eigenvalue weighted by molar-refractivity contribution is 5.63. The number of aromatic nitrogens is 2. The van der Waals surface area contributed by atoms with Crippen molar-refractivity contribution in [3.63, 3.8) is 0 Å². The van der Waals surface area contributed by atoms with E-state index in [2.05, 4.69) is 15.1 Å². The molecule has 0 radical (unpaired) electrons. The van der Waals surface area contributed by atoms with Crippen molar-refractivity contribution in [1.29, 1.82) is 0 Å². The Morgan fingerprint density at radius 3 is 2.65 bits per heavy atom. The largest absolute Gasteiger partial charge is 0.382 e. The molecule has 1 aromatic heterocycles. The highest BCUT2D eigenvalue weighted by Gasteiger charge is 2.12. The van der Waals surface area contributed by atoms with Crippen LogP contribution >= 0.6 is 0 Å². The highest BCUT2D eigenvalue weighted by Crippen LogP contribution is 2.21. The highest BCUT2D eigenvalue weighted by atomic mass is 19.1. The molecular weight excluding hydrogens is 227 g/mol. The Bertz CT molecular complexity index is 638. The molecule has 1 aromatic carbocycles. The van der Waals surface area contributed by atoms with E-state index in [1.54, 1.807) is 6.07 Å². The number of anilines is 1. The molecule has 0 aliphatic rings. The minimum atomic E-state index is -0.800. The van der Waals surface area contributed by atoms with Crippen LogP contribution in [0.15, 0.2) is 34.2 Å². The van der Waals surface area contributed by atoms with E-state index in [-0.39, 0.29) is 17.2 Å². The SMILES string of the molecule is Nc1nc(-c2ccccc2F)[nH]c(=O)c1N=O. The maximum Gasteiger partial charge on any atom is 0.282 e. The standard InChI is InChI=1S/C10H7FN4O2/c11-6-4-2-1-3-5(6)9-13-8(12)7(15-17)10(16)14-9/h1-4H,(H3,12,13,14,16). The number of nitroso groups, excluding NO2 is 1. The van der Waals surface area contributed by atoms with Crippen molar-refractivity contribution < 1.29 is 4.39 Å². The first-order valence-electron chi connectivity index (χ1n) is 4.61. The molecular formula is C10H7FN4O2. The number of hydrogen-bond acceptors (Lipinski definition) is 5. The lowest BCUT2D eigenvalue weighted by atomic mass is 10.2. The van der Waals surface area contributed by atoms with Crippen molar-refractivity contribution in [3.8, 4) is 11.4 Å². The Labute approximate surface area is 94.3 Å². The molecule has 0 unspecified atom stereocenters. The number of rotatable bonds is 2. The summed E-state index contributed by atoms with van der Waals surface area (Å²) in [6.07, 6.45) is 0. The molecule has 17 heavy (non-hydrogen) atoms. The van der Waals surface area contributed by atoms with Crippen LogP contribution in [0.5, 0.6) is 0 Å². The molecule has 0 aliphatic carbocycles. The first-order chi connectivity index (χ1) is 8.13. The van der Waals surface area contributed by atoms with Crippen LogP contribution in [0.25, 0.3) is 11.4 Å². The maximum absolute atomic E-state index is 13.4. The summed E-state index contributed by atoms with van der Waals surface area (Å²) < 4.78 is 13.4. The van der Waals surface area contributed by atoms with Crippen LogP contribution in [0.2, 0.25) is 0 Å². The van der Waals surface area contributed by atoms with E-state index in [4.69, 9.17) is 5.73 Å². The third kappa shape index (κ3) is 1.89. The van der Waals surface area contributed by atoms with Crippen molar-refractivity contribution in [1.82, 2.24) is 9.97 Å². The smallest absolute Gasteiger partial charge is 0.282 e. The molecule has 6 nitrogen and oxygen atoms in total.